The quantitative estimate of drug-likeness (QED) is 0.746. The lowest BCUT2D eigenvalue weighted by molar-refractivity contribution is 0.414. The van der Waals surface area contributed by atoms with E-state index >= 15 is 0 Å². The summed E-state index contributed by atoms with van der Waals surface area (Å²) in [5.41, 5.74) is 3.82. The largest absolute Gasteiger partial charge is 0.508 e. The normalized spacial score (nSPS) is 12.2. The van der Waals surface area contributed by atoms with Crippen LogP contribution in [0.2, 0.25) is 0 Å². The van der Waals surface area contributed by atoms with Crippen molar-refractivity contribution in [2.75, 3.05) is 12.4 Å². The monoisotopic (exact) mass is 337 g/mol. The number of methoxy groups -OCH3 is 1. The zero-order valence-corrected chi connectivity index (χ0v) is 13.8. The molecule has 1 aliphatic heterocycles. The van der Waals surface area contributed by atoms with Crippen molar-refractivity contribution in [3.8, 4) is 22.8 Å². The van der Waals surface area contributed by atoms with Crippen molar-refractivity contribution in [1.29, 1.82) is 0 Å². The molecule has 0 fully saturated rings. The van der Waals surface area contributed by atoms with Crippen LogP contribution >= 0.6 is 11.8 Å². The highest BCUT2D eigenvalue weighted by molar-refractivity contribution is 7.98. The van der Waals surface area contributed by atoms with Gasteiger partial charge in [-0.1, -0.05) is 6.07 Å². The van der Waals surface area contributed by atoms with Crippen molar-refractivity contribution in [2.24, 2.45) is 0 Å². The molecular formula is C18H15N3O2S. The summed E-state index contributed by atoms with van der Waals surface area (Å²) in [6.07, 6.45) is 1.85. The van der Waals surface area contributed by atoms with Gasteiger partial charge in [-0.25, -0.2) is 9.97 Å². The Hall–Kier alpha value is -2.73. The number of nitrogens with zero attached hydrogens (tertiary/aromatic N) is 2. The minimum atomic E-state index is 0.199. The highest BCUT2D eigenvalue weighted by Gasteiger charge is 2.20. The highest BCUT2D eigenvalue weighted by atomic mass is 32.2. The van der Waals surface area contributed by atoms with E-state index in [0.717, 1.165) is 34.0 Å². The molecular weight excluding hydrogens is 322 g/mol. The zero-order valence-electron chi connectivity index (χ0n) is 13.0. The molecule has 4 rings (SSSR count). The zero-order chi connectivity index (χ0) is 16.5. The molecule has 0 bridgehead atoms. The number of phenols is 1. The van der Waals surface area contributed by atoms with Gasteiger partial charge in [0.1, 0.15) is 11.5 Å². The van der Waals surface area contributed by atoms with Crippen LogP contribution in [0.1, 0.15) is 5.56 Å². The van der Waals surface area contributed by atoms with Crippen LogP contribution in [0.25, 0.3) is 11.3 Å². The molecule has 6 heteroatoms. The van der Waals surface area contributed by atoms with E-state index in [9.17, 15) is 5.11 Å². The number of benzene rings is 2. The molecule has 3 aromatic rings. The van der Waals surface area contributed by atoms with Gasteiger partial charge < -0.3 is 15.2 Å². The Morgan fingerprint density at radius 1 is 1.21 bits per heavy atom. The molecule has 2 N–H and O–H groups in total. The summed E-state index contributed by atoms with van der Waals surface area (Å²) in [7, 11) is 1.66. The van der Waals surface area contributed by atoms with Gasteiger partial charge in [0.05, 0.1) is 12.8 Å². The number of aromatic nitrogens is 2. The number of ether oxygens (including phenoxy) is 1. The summed E-state index contributed by atoms with van der Waals surface area (Å²) in [5.74, 6) is 2.36. The van der Waals surface area contributed by atoms with Crippen LogP contribution in [0, 0.1) is 0 Å². The van der Waals surface area contributed by atoms with E-state index in [4.69, 9.17) is 4.74 Å². The predicted molar refractivity (Wildman–Crippen MR) is 95.0 cm³/mol. The molecule has 24 heavy (non-hydrogen) atoms. The van der Waals surface area contributed by atoms with Gasteiger partial charge in [0, 0.05) is 39.7 Å². The number of hydrogen-bond donors (Lipinski definition) is 2. The van der Waals surface area contributed by atoms with E-state index in [-0.39, 0.29) is 5.75 Å². The molecule has 0 aliphatic carbocycles. The number of phenolic OH excluding ortho intramolecular Hbond substituents is 1. The van der Waals surface area contributed by atoms with Crippen LogP contribution in [0.3, 0.4) is 0 Å². The van der Waals surface area contributed by atoms with Gasteiger partial charge in [0.25, 0.3) is 0 Å². The Morgan fingerprint density at radius 2 is 2.12 bits per heavy atom. The molecule has 0 amide bonds. The van der Waals surface area contributed by atoms with Crippen LogP contribution in [0.4, 0.5) is 11.6 Å². The average Bonchev–Trinajstić information content (AvgIpc) is 2.61. The third-order valence-electron chi connectivity index (χ3n) is 3.79. The molecule has 0 unspecified atom stereocenters. The van der Waals surface area contributed by atoms with Gasteiger partial charge in [-0.15, -0.1) is 11.8 Å². The second kappa shape index (κ2) is 6.05. The van der Waals surface area contributed by atoms with E-state index in [2.05, 4.69) is 21.4 Å². The molecule has 1 aliphatic rings. The van der Waals surface area contributed by atoms with Crippen molar-refractivity contribution in [3.63, 3.8) is 0 Å². The van der Waals surface area contributed by atoms with Gasteiger partial charge in [-0.3, -0.25) is 0 Å². The van der Waals surface area contributed by atoms with Gasteiger partial charge in [-0.2, -0.15) is 0 Å². The highest BCUT2D eigenvalue weighted by Crippen LogP contribution is 2.42. The minimum absolute atomic E-state index is 0.199. The molecule has 5 nitrogen and oxygen atoms in total. The van der Waals surface area contributed by atoms with Gasteiger partial charge in [-0.05, 0) is 30.3 Å². The van der Waals surface area contributed by atoms with E-state index in [1.165, 1.54) is 4.90 Å². The second-order valence-corrected chi connectivity index (χ2v) is 6.41. The van der Waals surface area contributed by atoms with Crippen LogP contribution in [-0.4, -0.2) is 22.2 Å². The third-order valence-corrected chi connectivity index (χ3v) is 4.91. The first-order valence-corrected chi connectivity index (χ1v) is 8.45. The topological polar surface area (TPSA) is 67.3 Å². The lowest BCUT2D eigenvalue weighted by Crippen LogP contribution is -2.04. The number of aromatic hydroxyl groups is 1. The summed E-state index contributed by atoms with van der Waals surface area (Å²) in [6, 6.07) is 12.9. The van der Waals surface area contributed by atoms with Gasteiger partial charge >= 0.3 is 0 Å². The fraction of sp³-hybridized carbons (Fsp3) is 0.111. The van der Waals surface area contributed by atoms with Crippen LogP contribution in [-0.2, 0) is 5.75 Å². The number of nitrogens with one attached hydrogen (secondary N) is 1. The molecule has 2 aromatic carbocycles. The van der Waals surface area contributed by atoms with Crippen LogP contribution in [0.15, 0.2) is 53.6 Å². The smallest absolute Gasteiger partial charge is 0.227 e. The fourth-order valence-electron chi connectivity index (χ4n) is 2.62. The number of rotatable bonds is 3. The summed E-state index contributed by atoms with van der Waals surface area (Å²) in [6.45, 7) is 0. The Bertz CT molecular complexity index is 915. The molecule has 0 spiro atoms. The van der Waals surface area contributed by atoms with E-state index < -0.39 is 0 Å². The van der Waals surface area contributed by atoms with Gasteiger partial charge in [0.15, 0.2) is 0 Å². The molecule has 120 valence electrons. The minimum Gasteiger partial charge on any atom is -0.508 e. The van der Waals surface area contributed by atoms with E-state index in [0.29, 0.717) is 5.95 Å². The van der Waals surface area contributed by atoms with Crippen molar-refractivity contribution in [2.45, 2.75) is 10.6 Å². The number of anilines is 2. The predicted octanol–water partition coefficient (Wildman–Crippen LogP) is 4.21. The lowest BCUT2D eigenvalue weighted by atomic mass is 10.1. The first-order chi connectivity index (χ1) is 11.7. The number of fused-ring (bicyclic) bond motifs is 3. The van der Waals surface area contributed by atoms with Gasteiger partial charge in [0.2, 0.25) is 5.95 Å². The number of thioether (sulfide) groups is 1. The Kier molecular flexibility index (Phi) is 3.74. The maximum atomic E-state index is 9.57. The first-order valence-electron chi connectivity index (χ1n) is 7.46. The fourth-order valence-corrected chi connectivity index (χ4v) is 3.62. The van der Waals surface area contributed by atoms with Crippen LogP contribution in [0.5, 0.6) is 11.5 Å². The third kappa shape index (κ3) is 2.76. The van der Waals surface area contributed by atoms with Crippen molar-refractivity contribution in [1.82, 2.24) is 9.97 Å². The first kappa shape index (κ1) is 14.8. The standard InChI is InChI=1S/C18H15N3O2S/c1-23-14-5-6-16-15(8-14)17-11(10-24-16)9-19-18(21-17)20-12-3-2-4-13(22)7-12/h2-9,22H,10H2,1H3,(H,19,20,21). The Morgan fingerprint density at radius 3 is 2.96 bits per heavy atom. The van der Waals surface area contributed by atoms with Crippen LogP contribution < -0.4 is 10.1 Å². The van der Waals surface area contributed by atoms with Crippen molar-refractivity contribution in [3.05, 3.63) is 54.2 Å². The molecule has 1 aromatic heterocycles. The molecule has 0 saturated carbocycles. The van der Waals surface area contributed by atoms with Crippen molar-refractivity contribution < 1.29 is 9.84 Å². The lowest BCUT2D eigenvalue weighted by Gasteiger charge is -2.19. The maximum absolute atomic E-state index is 9.57. The maximum Gasteiger partial charge on any atom is 0.227 e. The van der Waals surface area contributed by atoms with Crippen molar-refractivity contribution >= 4 is 23.4 Å². The summed E-state index contributed by atoms with van der Waals surface area (Å²) >= 11 is 1.77. The molecule has 0 radical (unpaired) electrons. The molecule has 2 heterocycles. The van der Waals surface area contributed by atoms with E-state index in [1.807, 2.05) is 24.4 Å². The van der Waals surface area contributed by atoms with E-state index in [1.54, 1.807) is 37.1 Å². The Labute approximate surface area is 143 Å². The SMILES string of the molecule is COc1ccc2c(c1)-c1nc(Nc3cccc(O)c3)ncc1CS2. The summed E-state index contributed by atoms with van der Waals surface area (Å²) in [4.78, 5) is 10.3. The summed E-state index contributed by atoms with van der Waals surface area (Å²) in [5, 5.41) is 12.7. The summed E-state index contributed by atoms with van der Waals surface area (Å²) < 4.78 is 5.34. The number of hydrogen-bond acceptors (Lipinski definition) is 6. The average molecular weight is 337 g/mol. The Balaban J connectivity index is 1.74. The molecule has 0 saturated heterocycles. The second-order valence-electron chi connectivity index (χ2n) is 5.39. The molecule has 0 atom stereocenters.